The molecule has 2 aromatic rings. The zero-order valence-electron chi connectivity index (χ0n) is 23.9. The lowest BCUT2D eigenvalue weighted by molar-refractivity contribution is 0.302. The number of hydrogen-bond donors (Lipinski definition) is 1. The molecule has 0 fully saturated rings. The summed E-state index contributed by atoms with van der Waals surface area (Å²) in [6, 6.07) is 5.37. The Morgan fingerprint density at radius 1 is 0.676 bits per heavy atom. The van der Waals surface area contributed by atoms with Gasteiger partial charge in [0.1, 0.15) is 11.5 Å². The minimum Gasteiger partial charge on any atom is -0.507 e. The van der Waals surface area contributed by atoms with E-state index in [2.05, 4.69) is 29.3 Å². The molecule has 0 aliphatic heterocycles. The van der Waals surface area contributed by atoms with Gasteiger partial charge in [0, 0.05) is 6.07 Å². The summed E-state index contributed by atoms with van der Waals surface area (Å²) in [5.74, 6) is 1.29. The molecule has 0 saturated heterocycles. The van der Waals surface area contributed by atoms with Crippen molar-refractivity contribution in [2.75, 3.05) is 6.61 Å². The topological polar surface area (TPSA) is 73.1 Å². The molecule has 1 N–H and O–H groups in total. The van der Waals surface area contributed by atoms with Crippen LogP contribution in [-0.2, 0) is 6.54 Å². The lowest BCUT2D eigenvalue weighted by Crippen LogP contribution is -2.02. The summed E-state index contributed by atoms with van der Waals surface area (Å²) in [6.07, 6.45) is 26.1. The summed E-state index contributed by atoms with van der Waals surface area (Å²) in [7, 11) is 0. The number of phenolic OH excluding ortho intramolecular Hbond substituents is 1. The molecule has 0 radical (unpaired) electrons. The van der Waals surface area contributed by atoms with Crippen molar-refractivity contribution < 1.29 is 9.84 Å². The minimum absolute atomic E-state index is 0.138. The number of nitrogens with zero attached hydrogens (tertiary/aromatic N) is 4. The fraction of sp³-hybridized carbons (Fsp3) is 0.774. The van der Waals surface area contributed by atoms with Crippen LogP contribution in [0.5, 0.6) is 11.5 Å². The van der Waals surface area contributed by atoms with Crippen molar-refractivity contribution in [2.24, 2.45) is 0 Å². The Bertz CT molecular complexity index is 808. The van der Waals surface area contributed by atoms with E-state index in [1.54, 1.807) is 10.9 Å². The van der Waals surface area contributed by atoms with Crippen LogP contribution in [-0.4, -0.2) is 31.9 Å². The number of unbranched alkanes of at least 4 members (excludes halogenated alkanes) is 18. The number of ether oxygens (including phenoxy) is 1. The molecule has 0 saturated carbocycles. The SMILES string of the molecule is CCCCCCCCCCCCOc1ccc(-c2nnn(CCCCCCCCCCCC)n2)c(O)c1. The largest absolute Gasteiger partial charge is 0.507 e. The third-order valence-electron chi connectivity index (χ3n) is 7.14. The van der Waals surface area contributed by atoms with Crippen molar-refractivity contribution >= 4 is 0 Å². The third-order valence-corrected chi connectivity index (χ3v) is 7.14. The second-order valence-corrected chi connectivity index (χ2v) is 10.6. The average Bonchev–Trinajstić information content (AvgIpc) is 3.37. The smallest absolute Gasteiger partial charge is 0.208 e. The van der Waals surface area contributed by atoms with E-state index in [-0.39, 0.29) is 5.75 Å². The number of hydrogen-bond acceptors (Lipinski definition) is 5. The van der Waals surface area contributed by atoms with Crippen LogP contribution in [0, 0.1) is 0 Å². The zero-order valence-corrected chi connectivity index (χ0v) is 23.9. The van der Waals surface area contributed by atoms with Gasteiger partial charge in [0.2, 0.25) is 5.82 Å². The van der Waals surface area contributed by atoms with E-state index in [0.717, 1.165) is 19.4 Å². The van der Waals surface area contributed by atoms with Gasteiger partial charge in [-0.2, -0.15) is 4.80 Å². The number of rotatable bonds is 24. The summed E-state index contributed by atoms with van der Waals surface area (Å²) in [6.45, 7) is 5.98. The van der Waals surface area contributed by atoms with Crippen molar-refractivity contribution in [3.05, 3.63) is 18.2 Å². The van der Waals surface area contributed by atoms with Crippen LogP contribution in [0.2, 0.25) is 0 Å². The molecule has 1 aromatic carbocycles. The first-order chi connectivity index (χ1) is 18.2. The fourth-order valence-electron chi connectivity index (χ4n) is 4.76. The highest BCUT2D eigenvalue weighted by Gasteiger charge is 2.12. The quantitative estimate of drug-likeness (QED) is 0.141. The van der Waals surface area contributed by atoms with E-state index in [1.807, 2.05) is 12.1 Å². The van der Waals surface area contributed by atoms with Crippen LogP contribution < -0.4 is 4.74 Å². The molecule has 1 heterocycles. The molecule has 0 amide bonds. The molecule has 0 aliphatic carbocycles. The van der Waals surface area contributed by atoms with Crippen LogP contribution >= 0.6 is 0 Å². The van der Waals surface area contributed by atoms with Crippen molar-refractivity contribution in [2.45, 2.75) is 149 Å². The third kappa shape index (κ3) is 14.4. The van der Waals surface area contributed by atoms with Crippen LogP contribution in [0.15, 0.2) is 18.2 Å². The number of tetrazole rings is 1. The van der Waals surface area contributed by atoms with E-state index in [4.69, 9.17) is 4.74 Å². The number of phenols is 1. The maximum Gasteiger partial charge on any atom is 0.208 e. The summed E-state index contributed by atoms with van der Waals surface area (Å²) in [5, 5.41) is 23.3. The highest BCUT2D eigenvalue weighted by atomic mass is 16.5. The molecule has 1 aromatic heterocycles. The van der Waals surface area contributed by atoms with Gasteiger partial charge in [-0.25, -0.2) is 0 Å². The predicted molar refractivity (Wildman–Crippen MR) is 154 cm³/mol. The van der Waals surface area contributed by atoms with Crippen molar-refractivity contribution in [1.82, 2.24) is 20.2 Å². The number of aromatic hydroxyl groups is 1. The lowest BCUT2D eigenvalue weighted by atomic mass is 10.1. The lowest BCUT2D eigenvalue weighted by Gasteiger charge is -2.08. The first-order valence-corrected chi connectivity index (χ1v) is 15.5. The summed E-state index contributed by atoms with van der Waals surface area (Å²) < 4.78 is 5.85. The second-order valence-electron chi connectivity index (χ2n) is 10.6. The summed E-state index contributed by atoms with van der Waals surface area (Å²) in [5.41, 5.74) is 0.598. The zero-order chi connectivity index (χ0) is 26.4. The monoisotopic (exact) mass is 514 g/mol. The van der Waals surface area contributed by atoms with Crippen LogP contribution in [0.25, 0.3) is 11.4 Å². The average molecular weight is 515 g/mol. The van der Waals surface area contributed by atoms with Crippen LogP contribution in [0.1, 0.15) is 142 Å². The standard InChI is InChI=1S/C31H54N4O2/c1-3-5-7-9-11-13-15-17-19-21-25-35-33-31(32-34-35)29-24-23-28(27-30(29)36)37-26-22-20-18-16-14-12-10-8-6-4-2/h23-24,27,36H,3-22,25-26H2,1-2H3. The molecule has 210 valence electrons. The van der Waals surface area contributed by atoms with Gasteiger partial charge in [0.15, 0.2) is 0 Å². The summed E-state index contributed by atoms with van der Waals surface area (Å²) in [4.78, 5) is 1.65. The van der Waals surface area contributed by atoms with Crippen LogP contribution in [0.3, 0.4) is 0 Å². The first-order valence-electron chi connectivity index (χ1n) is 15.5. The Morgan fingerprint density at radius 2 is 1.19 bits per heavy atom. The minimum atomic E-state index is 0.138. The van der Waals surface area contributed by atoms with Gasteiger partial charge < -0.3 is 9.84 Å². The van der Waals surface area contributed by atoms with Gasteiger partial charge >= 0.3 is 0 Å². The van der Waals surface area contributed by atoms with Crippen LogP contribution in [0.4, 0.5) is 0 Å². The van der Waals surface area contributed by atoms with E-state index in [9.17, 15) is 5.11 Å². The van der Waals surface area contributed by atoms with Crippen molar-refractivity contribution in [3.8, 4) is 22.9 Å². The van der Waals surface area contributed by atoms with Crippen molar-refractivity contribution in [3.63, 3.8) is 0 Å². The molecular weight excluding hydrogens is 460 g/mol. The second kappa shape index (κ2) is 20.9. The fourth-order valence-corrected chi connectivity index (χ4v) is 4.76. The first kappa shape index (κ1) is 31.1. The van der Waals surface area contributed by atoms with Gasteiger partial charge in [-0.15, -0.1) is 10.2 Å². The molecule has 6 heteroatoms. The van der Waals surface area contributed by atoms with Gasteiger partial charge in [-0.1, -0.05) is 129 Å². The van der Waals surface area contributed by atoms with E-state index >= 15 is 0 Å². The molecular formula is C31H54N4O2. The maximum atomic E-state index is 10.5. The van der Waals surface area contributed by atoms with Gasteiger partial charge in [-0.05, 0) is 30.2 Å². The molecule has 0 aliphatic rings. The molecule has 0 bridgehead atoms. The molecule has 2 rings (SSSR count). The maximum absolute atomic E-state index is 10.5. The molecule has 0 atom stereocenters. The van der Waals surface area contributed by atoms with Crippen molar-refractivity contribution in [1.29, 1.82) is 0 Å². The predicted octanol–water partition coefficient (Wildman–Crippen LogP) is 9.27. The summed E-state index contributed by atoms with van der Waals surface area (Å²) >= 11 is 0. The molecule has 37 heavy (non-hydrogen) atoms. The molecule has 0 unspecified atom stereocenters. The van der Waals surface area contributed by atoms with Gasteiger partial charge in [-0.3, -0.25) is 0 Å². The Balaban J connectivity index is 1.56. The van der Waals surface area contributed by atoms with E-state index < -0.39 is 0 Å². The highest BCUT2D eigenvalue weighted by Crippen LogP contribution is 2.30. The Morgan fingerprint density at radius 3 is 1.73 bits per heavy atom. The molecule has 6 nitrogen and oxygen atoms in total. The highest BCUT2D eigenvalue weighted by molar-refractivity contribution is 5.64. The van der Waals surface area contributed by atoms with Gasteiger partial charge in [0.05, 0.1) is 18.7 Å². The molecule has 0 spiro atoms. The van der Waals surface area contributed by atoms with E-state index in [1.165, 1.54) is 116 Å². The number of benzene rings is 1. The van der Waals surface area contributed by atoms with E-state index in [0.29, 0.717) is 23.7 Å². The normalized spacial score (nSPS) is 11.3. The Hall–Kier alpha value is -2.11. The number of aryl methyl sites for hydroxylation is 1. The Labute approximate surface area is 226 Å². The van der Waals surface area contributed by atoms with Gasteiger partial charge in [0.25, 0.3) is 0 Å². The number of aromatic nitrogens is 4. The Kier molecular flexibility index (Phi) is 17.6.